The fourth-order valence-corrected chi connectivity index (χ4v) is 1.77. The highest BCUT2D eigenvalue weighted by Crippen LogP contribution is 2.30. The van der Waals surface area contributed by atoms with Gasteiger partial charge in [0.25, 0.3) is 0 Å². The fourth-order valence-electron chi connectivity index (χ4n) is 1.14. The van der Waals surface area contributed by atoms with Crippen LogP contribution in [0.1, 0.15) is 5.56 Å². The first-order valence-corrected chi connectivity index (χ1v) is 4.57. The van der Waals surface area contributed by atoms with Crippen LogP contribution < -0.4 is 4.74 Å². The lowest BCUT2D eigenvalue weighted by Gasteiger charge is -2.08. The number of ether oxygens (including phenoxy) is 1. The van der Waals surface area contributed by atoms with Crippen molar-refractivity contribution in [2.75, 3.05) is 7.11 Å². The van der Waals surface area contributed by atoms with Crippen molar-refractivity contribution in [3.63, 3.8) is 0 Å². The molecule has 0 spiro atoms. The molecule has 5 heteroatoms. The molecular weight excluding hydrogens is 255 g/mol. The molecule has 0 aromatic heterocycles. The van der Waals surface area contributed by atoms with Crippen molar-refractivity contribution in [2.24, 2.45) is 0 Å². The summed E-state index contributed by atoms with van der Waals surface area (Å²) in [4.78, 5) is 10.5. The number of methoxy groups -OCH3 is 1. The van der Waals surface area contributed by atoms with Crippen LogP contribution in [0.25, 0.3) is 0 Å². The molecule has 0 aliphatic rings. The van der Waals surface area contributed by atoms with Crippen molar-refractivity contribution in [3.05, 3.63) is 28.0 Å². The SMILES string of the molecule is COc1c(Br)cc(F)cc1CC(=O)O. The van der Waals surface area contributed by atoms with E-state index in [0.717, 1.165) is 6.07 Å². The molecule has 1 N–H and O–H groups in total. The van der Waals surface area contributed by atoms with E-state index in [1.165, 1.54) is 13.2 Å². The fraction of sp³-hybridized carbons (Fsp3) is 0.222. The highest BCUT2D eigenvalue weighted by molar-refractivity contribution is 9.10. The minimum absolute atomic E-state index is 0.264. The summed E-state index contributed by atoms with van der Waals surface area (Å²) >= 11 is 3.09. The maximum absolute atomic E-state index is 12.9. The third kappa shape index (κ3) is 2.45. The molecule has 76 valence electrons. The summed E-state index contributed by atoms with van der Waals surface area (Å²) in [5, 5.41) is 8.58. The number of benzene rings is 1. The summed E-state index contributed by atoms with van der Waals surface area (Å²) < 4.78 is 18.3. The maximum Gasteiger partial charge on any atom is 0.307 e. The molecule has 1 rings (SSSR count). The van der Waals surface area contributed by atoms with Gasteiger partial charge in [0.15, 0.2) is 0 Å². The van der Waals surface area contributed by atoms with E-state index in [0.29, 0.717) is 15.8 Å². The molecule has 0 heterocycles. The Morgan fingerprint density at radius 1 is 1.64 bits per heavy atom. The number of aliphatic carboxylic acids is 1. The molecule has 0 bridgehead atoms. The zero-order valence-electron chi connectivity index (χ0n) is 7.38. The first-order valence-electron chi connectivity index (χ1n) is 3.78. The van der Waals surface area contributed by atoms with E-state index >= 15 is 0 Å². The smallest absolute Gasteiger partial charge is 0.307 e. The Morgan fingerprint density at radius 3 is 2.79 bits per heavy atom. The summed E-state index contributed by atoms with van der Waals surface area (Å²) in [6.07, 6.45) is -0.264. The van der Waals surface area contributed by atoms with E-state index in [9.17, 15) is 9.18 Å². The van der Waals surface area contributed by atoms with E-state index < -0.39 is 11.8 Å². The zero-order valence-corrected chi connectivity index (χ0v) is 8.97. The summed E-state index contributed by atoms with van der Waals surface area (Å²) in [6, 6.07) is 2.38. The molecule has 0 saturated carbocycles. The van der Waals surface area contributed by atoms with Gasteiger partial charge in [0.2, 0.25) is 0 Å². The molecule has 0 aliphatic heterocycles. The predicted octanol–water partition coefficient (Wildman–Crippen LogP) is 2.22. The van der Waals surface area contributed by atoms with Crippen LogP contribution in [0.2, 0.25) is 0 Å². The van der Waals surface area contributed by atoms with Gasteiger partial charge in [0.05, 0.1) is 18.0 Å². The molecular formula is C9H8BrFO3. The lowest BCUT2D eigenvalue weighted by atomic mass is 10.1. The summed E-state index contributed by atoms with van der Waals surface area (Å²) in [6.45, 7) is 0. The van der Waals surface area contributed by atoms with Gasteiger partial charge in [-0.15, -0.1) is 0 Å². The second-order valence-corrected chi connectivity index (χ2v) is 3.50. The van der Waals surface area contributed by atoms with Gasteiger partial charge < -0.3 is 9.84 Å². The van der Waals surface area contributed by atoms with Gasteiger partial charge in [-0.2, -0.15) is 0 Å². The Kier molecular flexibility index (Phi) is 3.46. The largest absolute Gasteiger partial charge is 0.495 e. The first-order chi connectivity index (χ1) is 6.54. The summed E-state index contributed by atoms with van der Waals surface area (Å²) in [5.41, 5.74) is 0.312. The standard InChI is InChI=1S/C9H8BrFO3/c1-14-9-5(3-8(12)13)2-6(11)4-7(9)10/h2,4H,3H2,1H3,(H,12,13). The molecule has 0 radical (unpaired) electrons. The Balaban J connectivity index is 3.17. The second kappa shape index (κ2) is 4.41. The highest BCUT2D eigenvalue weighted by atomic mass is 79.9. The number of halogens is 2. The van der Waals surface area contributed by atoms with E-state index in [1.807, 2.05) is 0 Å². The Bertz CT molecular complexity index is 365. The van der Waals surface area contributed by atoms with Crippen LogP contribution in [0, 0.1) is 5.82 Å². The molecule has 0 fully saturated rings. The van der Waals surface area contributed by atoms with Gasteiger partial charge in [0, 0.05) is 5.56 Å². The summed E-state index contributed by atoms with van der Waals surface area (Å²) in [5.74, 6) is -1.16. The number of hydrogen-bond donors (Lipinski definition) is 1. The quantitative estimate of drug-likeness (QED) is 0.909. The number of carboxylic acid groups (broad SMARTS) is 1. The van der Waals surface area contributed by atoms with Gasteiger partial charge in [-0.25, -0.2) is 4.39 Å². The molecule has 0 unspecified atom stereocenters. The average molecular weight is 263 g/mol. The number of hydrogen-bond acceptors (Lipinski definition) is 2. The Morgan fingerprint density at radius 2 is 2.29 bits per heavy atom. The van der Waals surface area contributed by atoms with Gasteiger partial charge in [-0.3, -0.25) is 4.79 Å². The van der Waals surface area contributed by atoms with E-state index in [-0.39, 0.29) is 6.42 Å². The topological polar surface area (TPSA) is 46.5 Å². The van der Waals surface area contributed by atoms with Gasteiger partial charge in [-0.05, 0) is 28.1 Å². The van der Waals surface area contributed by atoms with Crippen molar-refractivity contribution in [1.29, 1.82) is 0 Å². The normalized spacial score (nSPS) is 9.93. The minimum Gasteiger partial charge on any atom is -0.495 e. The van der Waals surface area contributed by atoms with E-state index in [2.05, 4.69) is 15.9 Å². The van der Waals surface area contributed by atoms with Crippen molar-refractivity contribution in [2.45, 2.75) is 6.42 Å². The van der Waals surface area contributed by atoms with Gasteiger partial charge >= 0.3 is 5.97 Å². The first kappa shape index (κ1) is 11.0. The van der Waals surface area contributed by atoms with Crippen molar-refractivity contribution < 1.29 is 19.0 Å². The van der Waals surface area contributed by atoms with E-state index in [1.54, 1.807) is 0 Å². The van der Waals surface area contributed by atoms with Crippen molar-refractivity contribution in [1.82, 2.24) is 0 Å². The Labute approximate surface area is 88.6 Å². The number of rotatable bonds is 3. The van der Waals surface area contributed by atoms with Crippen LogP contribution in [-0.4, -0.2) is 18.2 Å². The number of carbonyl (C=O) groups is 1. The monoisotopic (exact) mass is 262 g/mol. The van der Waals surface area contributed by atoms with Gasteiger partial charge in [-0.1, -0.05) is 0 Å². The highest BCUT2D eigenvalue weighted by Gasteiger charge is 2.12. The zero-order chi connectivity index (χ0) is 10.7. The lowest BCUT2D eigenvalue weighted by molar-refractivity contribution is -0.136. The van der Waals surface area contributed by atoms with Crippen LogP contribution in [0.3, 0.4) is 0 Å². The van der Waals surface area contributed by atoms with Crippen molar-refractivity contribution in [3.8, 4) is 5.75 Å². The molecule has 3 nitrogen and oxygen atoms in total. The maximum atomic E-state index is 12.9. The molecule has 0 atom stereocenters. The van der Waals surface area contributed by atoms with Crippen molar-refractivity contribution >= 4 is 21.9 Å². The third-order valence-corrected chi connectivity index (χ3v) is 2.22. The summed E-state index contributed by atoms with van der Waals surface area (Å²) in [7, 11) is 1.41. The molecule has 0 amide bonds. The van der Waals surface area contributed by atoms with Crippen LogP contribution in [0.15, 0.2) is 16.6 Å². The molecule has 0 saturated heterocycles. The molecule has 1 aromatic carbocycles. The van der Waals surface area contributed by atoms with Crippen LogP contribution in [0.4, 0.5) is 4.39 Å². The molecule has 0 aliphatic carbocycles. The van der Waals surface area contributed by atoms with Crippen LogP contribution >= 0.6 is 15.9 Å². The Hall–Kier alpha value is -1.10. The van der Waals surface area contributed by atoms with Crippen LogP contribution in [-0.2, 0) is 11.2 Å². The lowest BCUT2D eigenvalue weighted by Crippen LogP contribution is -2.03. The van der Waals surface area contributed by atoms with Crippen LogP contribution in [0.5, 0.6) is 5.75 Å². The average Bonchev–Trinajstić information content (AvgIpc) is 2.01. The minimum atomic E-state index is -1.03. The van der Waals surface area contributed by atoms with Gasteiger partial charge in [0.1, 0.15) is 11.6 Å². The predicted molar refractivity (Wildman–Crippen MR) is 52.0 cm³/mol. The molecule has 14 heavy (non-hydrogen) atoms. The number of carboxylic acids is 1. The second-order valence-electron chi connectivity index (χ2n) is 2.65. The third-order valence-electron chi connectivity index (χ3n) is 1.63. The van der Waals surface area contributed by atoms with E-state index in [4.69, 9.17) is 9.84 Å². The molecule has 1 aromatic rings.